The molecule has 1 unspecified atom stereocenters. The van der Waals surface area contributed by atoms with Crippen LogP contribution in [0.3, 0.4) is 0 Å². The fraction of sp³-hybridized carbons (Fsp3) is 0.625. The lowest BCUT2D eigenvalue weighted by molar-refractivity contribution is -0.108. The van der Waals surface area contributed by atoms with Gasteiger partial charge in [-0.1, -0.05) is 28.8 Å². The van der Waals surface area contributed by atoms with Gasteiger partial charge in [-0.25, -0.2) is 0 Å². The van der Waals surface area contributed by atoms with Crippen molar-refractivity contribution in [3.8, 4) is 5.75 Å². The summed E-state index contributed by atoms with van der Waals surface area (Å²) in [5, 5.41) is 9.45. The molecule has 1 N–H and O–H groups in total. The van der Waals surface area contributed by atoms with Crippen molar-refractivity contribution >= 4 is 15.9 Å². The van der Waals surface area contributed by atoms with Crippen LogP contribution < -0.4 is 4.74 Å². The fourth-order valence-electron chi connectivity index (χ4n) is 3.42. The van der Waals surface area contributed by atoms with Gasteiger partial charge in [-0.3, -0.25) is 0 Å². The molecule has 0 bridgehead atoms. The molecule has 1 saturated heterocycles. The Balaban J connectivity index is 1.71. The molecule has 1 aromatic rings. The van der Waals surface area contributed by atoms with E-state index in [1.165, 1.54) is 25.7 Å². The molecule has 0 amide bonds. The summed E-state index contributed by atoms with van der Waals surface area (Å²) in [5.41, 5.74) is 0.906. The maximum absolute atomic E-state index is 9.45. The minimum atomic E-state index is 0.00311. The molecule has 1 aliphatic heterocycles. The highest BCUT2D eigenvalue weighted by Gasteiger charge is 2.40. The smallest absolute Gasteiger partial charge is 0.125 e. The predicted octanol–water partition coefficient (Wildman–Crippen LogP) is 3.81. The molecule has 0 aromatic heterocycles. The summed E-state index contributed by atoms with van der Waals surface area (Å²) in [6.45, 7) is 0.790. The molecule has 3 rings (SSSR count). The number of rotatable bonds is 3. The normalized spacial score (nSPS) is 25.0. The summed E-state index contributed by atoms with van der Waals surface area (Å²) >= 11 is 3.42. The maximum atomic E-state index is 9.45. The molecule has 0 radical (unpaired) electrons. The second kappa shape index (κ2) is 6.04. The molecular formula is C16H21BrO3. The number of hydrogen-bond donors (Lipinski definition) is 1. The number of halogens is 1. The molecule has 1 spiro atoms. The fourth-order valence-corrected chi connectivity index (χ4v) is 3.83. The second-order valence-corrected chi connectivity index (χ2v) is 6.80. The standard InChI is InChI=1S/C16H21BrO3/c17-13-3-4-15(12(9-13)11-18)20-14-5-8-19-16(10-14)6-1-2-7-16/h3-4,9,14,18H,1-2,5-8,10-11H2. The van der Waals surface area contributed by atoms with Gasteiger partial charge in [0.05, 0.1) is 18.8 Å². The van der Waals surface area contributed by atoms with Crippen molar-refractivity contribution in [1.82, 2.24) is 0 Å². The van der Waals surface area contributed by atoms with Crippen LogP contribution in [0.2, 0.25) is 0 Å². The van der Waals surface area contributed by atoms with Gasteiger partial charge < -0.3 is 14.6 Å². The Hall–Kier alpha value is -0.580. The summed E-state index contributed by atoms with van der Waals surface area (Å²) in [7, 11) is 0. The Bertz CT molecular complexity index is 469. The lowest BCUT2D eigenvalue weighted by Crippen LogP contribution is -2.41. The zero-order valence-electron chi connectivity index (χ0n) is 11.6. The van der Waals surface area contributed by atoms with E-state index in [0.29, 0.717) is 0 Å². The third-order valence-electron chi connectivity index (χ3n) is 4.45. The summed E-state index contributed by atoms with van der Waals surface area (Å²) in [6.07, 6.45) is 6.99. The van der Waals surface area contributed by atoms with Gasteiger partial charge in [-0.15, -0.1) is 0 Å². The topological polar surface area (TPSA) is 38.7 Å². The molecule has 20 heavy (non-hydrogen) atoms. The highest BCUT2D eigenvalue weighted by Crippen LogP contribution is 2.41. The SMILES string of the molecule is OCc1cc(Br)ccc1OC1CCOC2(CCCC2)C1. The van der Waals surface area contributed by atoms with Gasteiger partial charge in [-0.2, -0.15) is 0 Å². The molecule has 1 aliphatic carbocycles. The van der Waals surface area contributed by atoms with Gasteiger partial charge in [0.1, 0.15) is 11.9 Å². The van der Waals surface area contributed by atoms with Crippen LogP contribution in [0.25, 0.3) is 0 Å². The van der Waals surface area contributed by atoms with Crippen molar-refractivity contribution in [3.63, 3.8) is 0 Å². The van der Waals surface area contributed by atoms with Crippen molar-refractivity contribution in [1.29, 1.82) is 0 Å². The van der Waals surface area contributed by atoms with Gasteiger partial charge in [0.15, 0.2) is 0 Å². The summed E-state index contributed by atoms with van der Waals surface area (Å²) in [6, 6.07) is 5.81. The molecule has 1 aromatic carbocycles. The second-order valence-electron chi connectivity index (χ2n) is 5.88. The van der Waals surface area contributed by atoms with Crippen molar-refractivity contribution in [2.75, 3.05) is 6.61 Å². The zero-order valence-corrected chi connectivity index (χ0v) is 13.2. The van der Waals surface area contributed by atoms with E-state index in [2.05, 4.69) is 15.9 Å². The Morgan fingerprint density at radius 3 is 2.90 bits per heavy atom. The van der Waals surface area contributed by atoms with E-state index in [1.807, 2.05) is 18.2 Å². The van der Waals surface area contributed by atoms with E-state index in [9.17, 15) is 5.11 Å². The number of benzene rings is 1. The lowest BCUT2D eigenvalue weighted by Gasteiger charge is -2.38. The summed E-state index contributed by atoms with van der Waals surface area (Å²) in [5.74, 6) is 0.802. The Labute approximate surface area is 128 Å². The number of ether oxygens (including phenoxy) is 2. The molecule has 3 nitrogen and oxygen atoms in total. The van der Waals surface area contributed by atoms with Crippen molar-refractivity contribution in [2.45, 2.75) is 56.8 Å². The van der Waals surface area contributed by atoms with E-state index in [4.69, 9.17) is 9.47 Å². The van der Waals surface area contributed by atoms with Crippen LogP contribution in [0.15, 0.2) is 22.7 Å². The van der Waals surface area contributed by atoms with Gasteiger partial charge in [-0.05, 0) is 31.0 Å². The first-order valence-electron chi connectivity index (χ1n) is 7.41. The van der Waals surface area contributed by atoms with Crippen LogP contribution in [0.1, 0.15) is 44.1 Å². The van der Waals surface area contributed by atoms with E-state index in [0.717, 1.165) is 35.2 Å². The minimum absolute atomic E-state index is 0.00311. The first kappa shape index (κ1) is 14.4. The molecule has 1 saturated carbocycles. The van der Waals surface area contributed by atoms with Crippen LogP contribution in [0, 0.1) is 0 Å². The Kier molecular flexibility index (Phi) is 4.34. The zero-order chi connectivity index (χ0) is 14.0. The molecule has 2 aliphatic rings. The van der Waals surface area contributed by atoms with Gasteiger partial charge in [0, 0.05) is 22.9 Å². The monoisotopic (exact) mass is 340 g/mol. The van der Waals surface area contributed by atoms with E-state index in [-0.39, 0.29) is 18.3 Å². The van der Waals surface area contributed by atoms with E-state index < -0.39 is 0 Å². The number of aliphatic hydroxyl groups is 1. The lowest BCUT2D eigenvalue weighted by atomic mass is 9.90. The van der Waals surface area contributed by atoms with Crippen molar-refractivity contribution in [3.05, 3.63) is 28.2 Å². The highest BCUT2D eigenvalue weighted by atomic mass is 79.9. The van der Waals surface area contributed by atoms with E-state index >= 15 is 0 Å². The van der Waals surface area contributed by atoms with Crippen LogP contribution >= 0.6 is 15.9 Å². The highest BCUT2D eigenvalue weighted by molar-refractivity contribution is 9.10. The molecule has 1 heterocycles. The number of hydrogen-bond acceptors (Lipinski definition) is 3. The maximum Gasteiger partial charge on any atom is 0.125 e. The number of aliphatic hydroxyl groups excluding tert-OH is 1. The average Bonchev–Trinajstić information content (AvgIpc) is 2.89. The molecule has 110 valence electrons. The largest absolute Gasteiger partial charge is 0.490 e. The summed E-state index contributed by atoms with van der Waals surface area (Å²) < 4.78 is 13.2. The van der Waals surface area contributed by atoms with Crippen LogP contribution in [0.4, 0.5) is 0 Å². The van der Waals surface area contributed by atoms with Gasteiger partial charge >= 0.3 is 0 Å². The van der Waals surface area contributed by atoms with Gasteiger partial charge in [0.2, 0.25) is 0 Å². The van der Waals surface area contributed by atoms with Gasteiger partial charge in [0.25, 0.3) is 0 Å². The quantitative estimate of drug-likeness (QED) is 0.909. The third kappa shape index (κ3) is 3.02. The van der Waals surface area contributed by atoms with Crippen LogP contribution in [-0.4, -0.2) is 23.4 Å². The first-order chi connectivity index (χ1) is 9.71. The van der Waals surface area contributed by atoms with Crippen molar-refractivity contribution in [2.24, 2.45) is 0 Å². The molecule has 2 fully saturated rings. The average molecular weight is 341 g/mol. The summed E-state index contributed by atoms with van der Waals surface area (Å²) in [4.78, 5) is 0. The Morgan fingerprint density at radius 1 is 1.35 bits per heavy atom. The Morgan fingerprint density at radius 2 is 2.15 bits per heavy atom. The molecular weight excluding hydrogens is 320 g/mol. The van der Waals surface area contributed by atoms with E-state index in [1.54, 1.807) is 0 Å². The van der Waals surface area contributed by atoms with Crippen molar-refractivity contribution < 1.29 is 14.6 Å². The minimum Gasteiger partial charge on any atom is -0.490 e. The third-order valence-corrected chi connectivity index (χ3v) is 4.94. The van der Waals surface area contributed by atoms with Crippen LogP contribution in [-0.2, 0) is 11.3 Å². The predicted molar refractivity (Wildman–Crippen MR) is 80.9 cm³/mol. The molecule has 4 heteroatoms. The van der Waals surface area contributed by atoms with Crippen LogP contribution in [0.5, 0.6) is 5.75 Å². The molecule has 1 atom stereocenters. The first-order valence-corrected chi connectivity index (χ1v) is 8.20.